The number of hydrogen-bond acceptors (Lipinski definition) is 5. The zero-order chi connectivity index (χ0) is 21.5. The first-order chi connectivity index (χ1) is 14.3. The first-order valence-corrected chi connectivity index (χ1v) is 12.0. The highest BCUT2D eigenvalue weighted by Crippen LogP contribution is 2.38. The van der Waals surface area contributed by atoms with Crippen LogP contribution in [0.3, 0.4) is 0 Å². The largest absolute Gasteiger partial charge is 0.383 e. The van der Waals surface area contributed by atoms with E-state index in [0.29, 0.717) is 31.1 Å². The van der Waals surface area contributed by atoms with Crippen molar-refractivity contribution >= 4 is 10.0 Å². The van der Waals surface area contributed by atoms with Crippen molar-refractivity contribution in [2.75, 3.05) is 26.8 Å². The Morgan fingerprint density at radius 3 is 2.67 bits per heavy atom. The van der Waals surface area contributed by atoms with Gasteiger partial charge in [-0.3, -0.25) is 4.57 Å². The van der Waals surface area contributed by atoms with Gasteiger partial charge in [0, 0.05) is 32.2 Å². The van der Waals surface area contributed by atoms with E-state index in [-0.39, 0.29) is 17.6 Å². The van der Waals surface area contributed by atoms with Crippen molar-refractivity contribution in [3.8, 4) is 0 Å². The van der Waals surface area contributed by atoms with Gasteiger partial charge in [0.25, 0.3) is 0 Å². The molecule has 1 aromatic carbocycles. The molecule has 1 aliphatic heterocycles. The van der Waals surface area contributed by atoms with E-state index in [2.05, 4.69) is 5.10 Å². The Morgan fingerprint density at radius 1 is 1.20 bits per heavy atom. The third kappa shape index (κ3) is 3.98. The molecule has 2 heterocycles. The molecular weight excluding hydrogens is 404 g/mol. The number of benzene rings is 1. The zero-order valence-electron chi connectivity index (χ0n) is 17.9. The Kier molecular flexibility index (Phi) is 5.87. The second-order valence-electron chi connectivity index (χ2n) is 8.43. The van der Waals surface area contributed by atoms with E-state index in [4.69, 9.17) is 4.74 Å². The average Bonchev–Trinajstić information content (AvgIpc) is 3.51. The highest BCUT2D eigenvalue weighted by atomic mass is 32.2. The maximum atomic E-state index is 13.4. The number of aromatic nitrogens is 3. The van der Waals surface area contributed by atoms with Crippen molar-refractivity contribution in [3.63, 3.8) is 0 Å². The number of ether oxygens (including phenoxy) is 1. The molecule has 164 valence electrons. The van der Waals surface area contributed by atoms with Crippen molar-refractivity contribution in [1.29, 1.82) is 0 Å². The Morgan fingerprint density at radius 2 is 1.97 bits per heavy atom. The number of methoxy groups -OCH3 is 1. The van der Waals surface area contributed by atoms with E-state index in [1.54, 1.807) is 22.0 Å². The van der Waals surface area contributed by atoms with Gasteiger partial charge in [0.2, 0.25) is 10.0 Å². The van der Waals surface area contributed by atoms with Crippen LogP contribution in [0.2, 0.25) is 0 Å². The molecule has 1 aromatic heterocycles. The molecule has 30 heavy (non-hydrogen) atoms. The fourth-order valence-corrected chi connectivity index (χ4v) is 6.04. The maximum absolute atomic E-state index is 13.4. The predicted molar refractivity (Wildman–Crippen MR) is 113 cm³/mol. The van der Waals surface area contributed by atoms with Crippen LogP contribution in [0, 0.1) is 13.8 Å². The van der Waals surface area contributed by atoms with E-state index < -0.39 is 10.0 Å². The summed E-state index contributed by atoms with van der Waals surface area (Å²) in [5.74, 6) is 0.634. The molecule has 1 saturated heterocycles. The van der Waals surface area contributed by atoms with Gasteiger partial charge in [-0.05, 0) is 56.7 Å². The van der Waals surface area contributed by atoms with Gasteiger partial charge in [-0.25, -0.2) is 17.9 Å². The van der Waals surface area contributed by atoms with Gasteiger partial charge >= 0.3 is 5.69 Å². The zero-order valence-corrected chi connectivity index (χ0v) is 18.7. The number of piperidine rings is 1. The van der Waals surface area contributed by atoms with E-state index in [0.717, 1.165) is 42.6 Å². The first-order valence-electron chi connectivity index (χ1n) is 10.6. The third-order valence-electron chi connectivity index (χ3n) is 6.03. The van der Waals surface area contributed by atoms with E-state index in [9.17, 15) is 13.2 Å². The molecule has 0 bridgehead atoms. The summed E-state index contributed by atoms with van der Waals surface area (Å²) in [5.41, 5.74) is 1.56. The SMILES string of the molecule is COCCn1nc(C2CCCN(S(=O)(=O)c3cc(C)ccc3C)C2)n(C2CC2)c1=O. The fraction of sp³-hybridized carbons (Fsp3) is 0.619. The Bertz CT molecular complexity index is 1080. The summed E-state index contributed by atoms with van der Waals surface area (Å²) in [6, 6.07) is 5.71. The Labute approximate surface area is 177 Å². The molecule has 0 amide bonds. The molecule has 8 nitrogen and oxygen atoms in total. The lowest BCUT2D eigenvalue weighted by Crippen LogP contribution is -2.40. The van der Waals surface area contributed by atoms with E-state index in [1.807, 2.05) is 26.0 Å². The van der Waals surface area contributed by atoms with E-state index >= 15 is 0 Å². The molecule has 1 aliphatic carbocycles. The smallest absolute Gasteiger partial charge is 0.346 e. The molecule has 0 spiro atoms. The lowest BCUT2D eigenvalue weighted by Gasteiger charge is -2.32. The van der Waals surface area contributed by atoms with Crippen LogP contribution in [0.4, 0.5) is 0 Å². The maximum Gasteiger partial charge on any atom is 0.346 e. The van der Waals surface area contributed by atoms with Gasteiger partial charge in [0.1, 0.15) is 5.82 Å². The summed E-state index contributed by atoms with van der Waals surface area (Å²) in [4.78, 5) is 13.2. The average molecular weight is 435 g/mol. The van der Waals surface area contributed by atoms with Crippen LogP contribution in [0.5, 0.6) is 0 Å². The van der Waals surface area contributed by atoms with Crippen LogP contribution < -0.4 is 5.69 Å². The molecule has 4 rings (SSSR count). The number of rotatable bonds is 7. The minimum atomic E-state index is -3.60. The summed E-state index contributed by atoms with van der Waals surface area (Å²) in [5, 5.41) is 4.62. The van der Waals surface area contributed by atoms with Gasteiger partial charge in [0.15, 0.2) is 0 Å². The van der Waals surface area contributed by atoms with Gasteiger partial charge in [0.05, 0.1) is 18.0 Å². The van der Waals surface area contributed by atoms with Gasteiger partial charge in [-0.1, -0.05) is 12.1 Å². The van der Waals surface area contributed by atoms with Gasteiger partial charge in [-0.2, -0.15) is 9.40 Å². The second kappa shape index (κ2) is 8.28. The topological polar surface area (TPSA) is 86.4 Å². The summed E-state index contributed by atoms with van der Waals surface area (Å²) < 4.78 is 36.7. The molecule has 1 saturated carbocycles. The van der Waals surface area contributed by atoms with Crippen molar-refractivity contribution < 1.29 is 13.2 Å². The van der Waals surface area contributed by atoms with Crippen LogP contribution in [-0.2, 0) is 21.3 Å². The molecule has 1 atom stereocenters. The highest BCUT2D eigenvalue weighted by molar-refractivity contribution is 7.89. The van der Waals surface area contributed by atoms with E-state index in [1.165, 1.54) is 4.68 Å². The normalized spacial score (nSPS) is 20.6. The molecule has 2 aliphatic rings. The number of nitrogens with zero attached hydrogens (tertiary/aromatic N) is 4. The van der Waals surface area contributed by atoms with Crippen LogP contribution in [0.25, 0.3) is 0 Å². The third-order valence-corrected chi connectivity index (χ3v) is 8.03. The molecule has 1 unspecified atom stereocenters. The predicted octanol–water partition coefficient (Wildman–Crippen LogP) is 2.21. The van der Waals surface area contributed by atoms with Gasteiger partial charge in [-0.15, -0.1) is 0 Å². The Balaban J connectivity index is 1.65. The fourth-order valence-electron chi connectivity index (χ4n) is 4.21. The molecule has 0 N–H and O–H groups in total. The molecule has 2 aromatic rings. The van der Waals surface area contributed by atoms with Crippen molar-refractivity contribution in [2.24, 2.45) is 0 Å². The summed E-state index contributed by atoms with van der Waals surface area (Å²) >= 11 is 0. The van der Waals surface area contributed by atoms with Gasteiger partial charge < -0.3 is 4.74 Å². The minimum Gasteiger partial charge on any atom is -0.383 e. The number of sulfonamides is 1. The standard InChI is InChI=1S/C21H30N4O4S/c1-15-6-7-16(2)19(13-15)30(27,28)23-10-4-5-17(14-23)20-22-24(11-12-29-3)21(26)25(20)18-8-9-18/h6-7,13,17-18H,4-5,8-12,14H2,1-3H3. The van der Waals surface area contributed by atoms with Crippen molar-refractivity contribution in [1.82, 2.24) is 18.7 Å². The van der Waals surface area contributed by atoms with Crippen LogP contribution >= 0.6 is 0 Å². The van der Waals surface area contributed by atoms with Crippen LogP contribution in [0.15, 0.2) is 27.9 Å². The first kappa shape index (κ1) is 21.3. The lowest BCUT2D eigenvalue weighted by molar-refractivity contribution is 0.182. The second-order valence-corrected chi connectivity index (χ2v) is 10.3. The monoisotopic (exact) mass is 434 g/mol. The quantitative estimate of drug-likeness (QED) is 0.667. The number of aryl methyl sites for hydroxylation is 2. The van der Waals surface area contributed by atoms with Crippen LogP contribution in [-0.4, -0.2) is 53.9 Å². The van der Waals surface area contributed by atoms with Crippen LogP contribution in [0.1, 0.15) is 54.6 Å². The van der Waals surface area contributed by atoms with Crippen molar-refractivity contribution in [2.45, 2.75) is 62.9 Å². The molecular formula is C21H30N4O4S. The molecule has 0 radical (unpaired) electrons. The molecule has 2 fully saturated rings. The lowest BCUT2D eigenvalue weighted by atomic mass is 9.99. The Hall–Kier alpha value is -1.97. The minimum absolute atomic E-state index is 0.0873. The summed E-state index contributed by atoms with van der Waals surface area (Å²) in [6.07, 6.45) is 3.52. The highest BCUT2D eigenvalue weighted by Gasteiger charge is 2.37. The summed E-state index contributed by atoms with van der Waals surface area (Å²) in [7, 11) is -2.00. The summed E-state index contributed by atoms with van der Waals surface area (Å²) in [6.45, 7) is 5.39. The number of hydrogen-bond donors (Lipinski definition) is 0. The van der Waals surface area contributed by atoms with Crippen molar-refractivity contribution in [3.05, 3.63) is 45.6 Å². The molecule has 9 heteroatoms.